The third kappa shape index (κ3) is 3.77. The quantitative estimate of drug-likeness (QED) is 0.787. The number of aliphatic carboxylic acids is 1. The van der Waals surface area contributed by atoms with Crippen LogP contribution in [-0.4, -0.2) is 38.5 Å². The van der Waals surface area contributed by atoms with Crippen molar-refractivity contribution in [2.45, 2.75) is 19.1 Å². The van der Waals surface area contributed by atoms with E-state index >= 15 is 0 Å². The van der Waals surface area contributed by atoms with Gasteiger partial charge in [-0.3, -0.25) is 9.52 Å². The van der Waals surface area contributed by atoms with Crippen LogP contribution >= 0.6 is 0 Å². The number of carboxylic acids is 1. The van der Waals surface area contributed by atoms with Crippen molar-refractivity contribution < 1.29 is 27.8 Å². The molecule has 0 aromatic heterocycles. The maximum absolute atomic E-state index is 11.8. The van der Waals surface area contributed by atoms with Crippen LogP contribution in [0.1, 0.15) is 13.8 Å². The molecule has 0 spiro atoms. The molecule has 1 rings (SSSR count). The van der Waals surface area contributed by atoms with Crippen molar-refractivity contribution in [3.63, 3.8) is 0 Å². The Morgan fingerprint density at radius 3 is 2.55 bits per heavy atom. The van der Waals surface area contributed by atoms with Crippen LogP contribution in [0, 0.1) is 0 Å². The zero-order valence-corrected chi connectivity index (χ0v) is 12.2. The van der Waals surface area contributed by atoms with Crippen molar-refractivity contribution >= 4 is 21.7 Å². The molecule has 1 atom stereocenters. The zero-order chi connectivity index (χ0) is 15.3. The Morgan fingerprint density at radius 1 is 1.40 bits per heavy atom. The predicted molar refractivity (Wildman–Crippen MR) is 73.8 cm³/mol. The van der Waals surface area contributed by atoms with Gasteiger partial charge in [0.15, 0.2) is 16.7 Å². The maximum Gasteiger partial charge on any atom is 0.323 e. The number of benzene rings is 1. The van der Waals surface area contributed by atoms with Gasteiger partial charge >= 0.3 is 5.97 Å². The third-order valence-corrected chi connectivity index (χ3v) is 4.19. The van der Waals surface area contributed by atoms with E-state index in [1.165, 1.54) is 25.3 Å². The molecule has 0 aliphatic heterocycles. The van der Waals surface area contributed by atoms with Gasteiger partial charge in [0.1, 0.15) is 0 Å². The predicted octanol–water partition coefficient (Wildman–Crippen LogP) is 1.31. The Hall–Kier alpha value is -1.96. The maximum atomic E-state index is 11.8. The van der Waals surface area contributed by atoms with Crippen molar-refractivity contribution in [1.82, 2.24) is 0 Å². The van der Waals surface area contributed by atoms with Gasteiger partial charge < -0.3 is 14.6 Å². The van der Waals surface area contributed by atoms with E-state index in [0.717, 1.165) is 6.92 Å². The van der Waals surface area contributed by atoms with E-state index in [9.17, 15) is 13.2 Å². The summed E-state index contributed by atoms with van der Waals surface area (Å²) in [5, 5.41) is 7.20. The van der Waals surface area contributed by atoms with Crippen LogP contribution in [0.5, 0.6) is 11.5 Å². The summed E-state index contributed by atoms with van der Waals surface area (Å²) in [5.41, 5.74) is 0.211. The number of hydrogen-bond donors (Lipinski definition) is 2. The van der Waals surface area contributed by atoms with Crippen LogP contribution in [0.25, 0.3) is 0 Å². The van der Waals surface area contributed by atoms with Crippen LogP contribution in [0.4, 0.5) is 5.69 Å². The SMILES string of the molecule is CCOc1cc(NS(=O)(=O)C(C)C(=O)O)ccc1OC. The van der Waals surface area contributed by atoms with E-state index in [-0.39, 0.29) is 5.69 Å². The number of methoxy groups -OCH3 is 1. The summed E-state index contributed by atoms with van der Waals surface area (Å²) in [4.78, 5) is 10.7. The zero-order valence-electron chi connectivity index (χ0n) is 11.4. The normalized spacial score (nSPS) is 12.6. The number of rotatable bonds is 7. The molecular formula is C12H17NO6S. The number of nitrogens with one attached hydrogen (secondary N) is 1. The number of sulfonamides is 1. The second-order valence-electron chi connectivity index (χ2n) is 3.93. The lowest BCUT2D eigenvalue weighted by molar-refractivity contribution is -0.136. The smallest absolute Gasteiger partial charge is 0.323 e. The van der Waals surface area contributed by atoms with Gasteiger partial charge in [-0.2, -0.15) is 0 Å². The molecule has 0 amide bonds. The fraction of sp³-hybridized carbons (Fsp3) is 0.417. The lowest BCUT2D eigenvalue weighted by atomic mass is 10.3. The average Bonchev–Trinajstić information content (AvgIpc) is 2.38. The molecule has 0 aliphatic carbocycles. The van der Waals surface area contributed by atoms with Gasteiger partial charge in [0.25, 0.3) is 0 Å². The van der Waals surface area contributed by atoms with E-state index in [2.05, 4.69) is 4.72 Å². The first-order valence-corrected chi connectivity index (χ1v) is 7.41. The Balaban J connectivity index is 3.04. The Bertz CT molecular complexity index is 584. The molecule has 0 fully saturated rings. The summed E-state index contributed by atoms with van der Waals surface area (Å²) < 4.78 is 36.2. The van der Waals surface area contributed by atoms with Gasteiger partial charge in [0, 0.05) is 6.07 Å². The number of carboxylic acid groups (broad SMARTS) is 1. The van der Waals surface area contributed by atoms with Crippen LogP contribution in [0.15, 0.2) is 18.2 Å². The monoisotopic (exact) mass is 303 g/mol. The van der Waals surface area contributed by atoms with Crippen LogP contribution in [-0.2, 0) is 14.8 Å². The highest BCUT2D eigenvalue weighted by Gasteiger charge is 2.27. The van der Waals surface area contributed by atoms with Gasteiger partial charge in [-0.05, 0) is 26.0 Å². The topological polar surface area (TPSA) is 102 Å². The third-order valence-electron chi connectivity index (χ3n) is 2.54. The molecule has 2 N–H and O–H groups in total. The van der Waals surface area contributed by atoms with Gasteiger partial charge in [0.2, 0.25) is 10.0 Å². The molecule has 0 saturated heterocycles. The van der Waals surface area contributed by atoms with Crippen molar-refractivity contribution in [1.29, 1.82) is 0 Å². The van der Waals surface area contributed by atoms with Gasteiger partial charge in [-0.15, -0.1) is 0 Å². The molecule has 0 aliphatic rings. The summed E-state index contributed by atoms with van der Waals surface area (Å²) in [6.45, 7) is 3.26. The minimum atomic E-state index is -4.01. The number of ether oxygens (including phenoxy) is 2. The van der Waals surface area contributed by atoms with Crippen molar-refractivity contribution in [3.8, 4) is 11.5 Å². The van der Waals surface area contributed by atoms with E-state index in [4.69, 9.17) is 14.6 Å². The minimum Gasteiger partial charge on any atom is -0.493 e. The highest BCUT2D eigenvalue weighted by Crippen LogP contribution is 2.30. The first kappa shape index (κ1) is 16.1. The molecule has 1 aromatic rings. The summed E-state index contributed by atoms with van der Waals surface area (Å²) in [5.74, 6) is -0.588. The average molecular weight is 303 g/mol. The largest absolute Gasteiger partial charge is 0.493 e. The highest BCUT2D eigenvalue weighted by molar-refractivity contribution is 7.94. The standard InChI is InChI=1S/C12H17NO6S/c1-4-19-11-7-9(5-6-10(11)18-3)13-20(16,17)8(2)12(14)15/h5-8,13H,4H2,1-3H3,(H,14,15). The van der Waals surface area contributed by atoms with E-state index < -0.39 is 21.2 Å². The molecule has 8 heteroatoms. The number of anilines is 1. The minimum absolute atomic E-state index is 0.211. The molecule has 0 radical (unpaired) electrons. The lowest BCUT2D eigenvalue weighted by Crippen LogP contribution is -2.32. The van der Waals surface area contributed by atoms with E-state index in [1.807, 2.05) is 0 Å². The number of hydrogen-bond acceptors (Lipinski definition) is 5. The van der Waals surface area contributed by atoms with Crippen LogP contribution < -0.4 is 14.2 Å². The van der Waals surface area contributed by atoms with Gasteiger partial charge in [-0.1, -0.05) is 0 Å². The second-order valence-corrected chi connectivity index (χ2v) is 5.93. The molecule has 0 saturated carbocycles. The van der Waals surface area contributed by atoms with Crippen molar-refractivity contribution in [2.24, 2.45) is 0 Å². The molecule has 0 heterocycles. The summed E-state index contributed by atoms with van der Waals surface area (Å²) in [7, 11) is -2.54. The molecule has 112 valence electrons. The Labute approximate surface area is 117 Å². The molecule has 1 aromatic carbocycles. The first-order chi connectivity index (χ1) is 9.31. The molecule has 1 unspecified atom stereocenters. The molecule has 7 nitrogen and oxygen atoms in total. The summed E-state index contributed by atoms with van der Waals surface area (Å²) in [6.07, 6.45) is 0. The van der Waals surface area contributed by atoms with E-state index in [0.29, 0.717) is 18.1 Å². The van der Waals surface area contributed by atoms with Crippen molar-refractivity contribution in [3.05, 3.63) is 18.2 Å². The lowest BCUT2D eigenvalue weighted by Gasteiger charge is -2.14. The van der Waals surface area contributed by atoms with Gasteiger partial charge in [-0.25, -0.2) is 8.42 Å². The van der Waals surface area contributed by atoms with Crippen LogP contribution in [0.2, 0.25) is 0 Å². The fourth-order valence-electron chi connectivity index (χ4n) is 1.39. The highest BCUT2D eigenvalue weighted by atomic mass is 32.2. The summed E-state index contributed by atoms with van der Waals surface area (Å²) >= 11 is 0. The molecular weight excluding hydrogens is 286 g/mol. The van der Waals surface area contributed by atoms with E-state index in [1.54, 1.807) is 6.92 Å². The number of carbonyl (C=O) groups is 1. The van der Waals surface area contributed by atoms with Gasteiger partial charge in [0.05, 0.1) is 19.4 Å². The summed E-state index contributed by atoms with van der Waals surface area (Å²) in [6, 6.07) is 4.44. The molecule has 0 bridgehead atoms. The fourth-order valence-corrected chi connectivity index (χ4v) is 2.29. The van der Waals surface area contributed by atoms with Crippen molar-refractivity contribution in [2.75, 3.05) is 18.4 Å². The Morgan fingerprint density at radius 2 is 2.05 bits per heavy atom. The Kier molecular flexibility index (Phi) is 5.20. The molecule has 20 heavy (non-hydrogen) atoms. The van der Waals surface area contributed by atoms with Crippen LogP contribution in [0.3, 0.4) is 0 Å². The first-order valence-electron chi connectivity index (χ1n) is 5.87. The second kappa shape index (κ2) is 6.47.